The van der Waals surface area contributed by atoms with Gasteiger partial charge in [0, 0.05) is 30.5 Å². The molecule has 0 bridgehead atoms. The number of amides is 1. The van der Waals surface area contributed by atoms with E-state index in [0.29, 0.717) is 6.54 Å². The third kappa shape index (κ3) is 4.03. The van der Waals surface area contributed by atoms with Crippen LogP contribution >= 0.6 is 12.4 Å². The molecule has 1 aromatic heterocycles. The summed E-state index contributed by atoms with van der Waals surface area (Å²) in [6.45, 7) is 9.55. The van der Waals surface area contributed by atoms with Crippen LogP contribution in [-0.2, 0) is 6.54 Å². The molecular formula is C13H24ClN3O. The molecule has 1 unspecified atom stereocenters. The van der Waals surface area contributed by atoms with Crippen LogP contribution in [-0.4, -0.2) is 23.1 Å². The molecule has 1 atom stereocenters. The lowest BCUT2D eigenvalue weighted by Gasteiger charge is -2.08. The molecule has 1 amide bonds. The molecule has 1 rings (SSSR count). The van der Waals surface area contributed by atoms with Gasteiger partial charge in [0.1, 0.15) is 0 Å². The summed E-state index contributed by atoms with van der Waals surface area (Å²) in [4.78, 5) is 12.0. The van der Waals surface area contributed by atoms with Crippen LogP contribution in [0.2, 0.25) is 0 Å². The number of aromatic nitrogens is 1. The molecule has 104 valence electrons. The number of carbonyl (C=O) groups is 1. The topological polar surface area (TPSA) is 60.0 Å². The molecule has 0 spiro atoms. The molecule has 5 heteroatoms. The molecule has 0 fully saturated rings. The SMILES string of the molecule is CCn1c(C)cc(C(=O)NCCC(C)N)c1C.Cl. The summed E-state index contributed by atoms with van der Waals surface area (Å²) in [5.41, 5.74) is 8.57. The molecular weight excluding hydrogens is 250 g/mol. The van der Waals surface area contributed by atoms with Gasteiger partial charge in [0.2, 0.25) is 0 Å². The van der Waals surface area contributed by atoms with Crippen LogP contribution < -0.4 is 11.1 Å². The highest BCUT2D eigenvalue weighted by atomic mass is 35.5. The van der Waals surface area contributed by atoms with Gasteiger partial charge in [-0.3, -0.25) is 4.79 Å². The van der Waals surface area contributed by atoms with E-state index in [9.17, 15) is 4.79 Å². The van der Waals surface area contributed by atoms with Crippen LogP contribution in [0.3, 0.4) is 0 Å². The zero-order chi connectivity index (χ0) is 13.0. The van der Waals surface area contributed by atoms with Crippen molar-refractivity contribution in [2.45, 2.75) is 46.7 Å². The van der Waals surface area contributed by atoms with Crippen molar-refractivity contribution in [1.29, 1.82) is 0 Å². The van der Waals surface area contributed by atoms with Crippen LogP contribution in [0.5, 0.6) is 0 Å². The van der Waals surface area contributed by atoms with E-state index < -0.39 is 0 Å². The molecule has 0 aliphatic heterocycles. The number of hydrogen-bond donors (Lipinski definition) is 2. The van der Waals surface area contributed by atoms with Crippen molar-refractivity contribution >= 4 is 18.3 Å². The van der Waals surface area contributed by atoms with Crippen molar-refractivity contribution in [3.8, 4) is 0 Å². The Morgan fingerprint density at radius 1 is 1.50 bits per heavy atom. The Hall–Kier alpha value is -1.00. The van der Waals surface area contributed by atoms with Crippen molar-refractivity contribution in [2.24, 2.45) is 5.73 Å². The molecule has 0 radical (unpaired) electrons. The molecule has 0 aliphatic rings. The van der Waals surface area contributed by atoms with E-state index in [1.807, 2.05) is 26.8 Å². The number of carbonyl (C=O) groups excluding carboxylic acids is 1. The van der Waals surface area contributed by atoms with Gasteiger partial charge in [0.05, 0.1) is 5.56 Å². The number of nitrogens with one attached hydrogen (secondary N) is 1. The van der Waals surface area contributed by atoms with Crippen LogP contribution in [0.15, 0.2) is 6.07 Å². The van der Waals surface area contributed by atoms with Crippen LogP contribution in [0.4, 0.5) is 0 Å². The molecule has 4 nitrogen and oxygen atoms in total. The van der Waals surface area contributed by atoms with E-state index >= 15 is 0 Å². The molecule has 18 heavy (non-hydrogen) atoms. The number of halogens is 1. The Morgan fingerprint density at radius 3 is 2.56 bits per heavy atom. The van der Waals surface area contributed by atoms with E-state index in [4.69, 9.17) is 5.73 Å². The quantitative estimate of drug-likeness (QED) is 0.862. The lowest BCUT2D eigenvalue weighted by atomic mass is 10.2. The van der Waals surface area contributed by atoms with Crippen molar-refractivity contribution in [3.05, 3.63) is 23.0 Å². The fourth-order valence-corrected chi connectivity index (χ4v) is 2.03. The lowest BCUT2D eigenvalue weighted by Crippen LogP contribution is -2.29. The van der Waals surface area contributed by atoms with Gasteiger partial charge in [-0.15, -0.1) is 12.4 Å². The summed E-state index contributed by atoms with van der Waals surface area (Å²) in [7, 11) is 0. The first-order valence-electron chi connectivity index (χ1n) is 6.17. The minimum absolute atomic E-state index is 0. The summed E-state index contributed by atoms with van der Waals surface area (Å²) in [5.74, 6) is -0.00144. The first kappa shape index (κ1) is 17.0. The minimum atomic E-state index is -0.00144. The van der Waals surface area contributed by atoms with Gasteiger partial charge in [-0.2, -0.15) is 0 Å². The van der Waals surface area contributed by atoms with E-state index in [2.05, 4.69) is 16.8 Å². The second-order valence-electron chi connectivity index (χ2n) is 4.55. The maximum absolute atomic E-state index is 12.0. The maximum atomic E-state index is 12.0. The third-order valence-electron chi connectivity index (χ3n) is 3.02. The monoisotopic (exact) mass is 273 g/mol. The summed E-state index contributed by atoms with van der Waals surface area (Å²) in [6, 6.07) is 2.07. The predicted molar refractivity (Wildman–Crippen MR) is 77.4 cm³/mol. The normalized spacial score (nSPS) is 11.8. The van der Waals surface area contributed by atoms with Crippen LogP contribution in [0.25, 0.3) is 0 Å². The Morgan fingerprint density at radius 2 is 2.11 bits per heavy atom. The second kappa shape index (κ2) is 7.44. The Kier molecular flexibility index (Phi) is 7.02. The summed E-state index contributed by atoms with van der Waals surface area (Å²) in [5, 5.41) is 2.90. The third-order valence-corrected chi connectivity index (χ3v) is 3.02. The van der Waals surface area contributed by atoms with Crippen LogP contribution in [0, 0.1) is 13.8 Å². The van der Waals surface area contributed by atoms with Gasteiger partial charge in [-0.05, 0) is 40.2 Å². The molecule has 1 aromatic rings. The Labute approximate surface area is 115 Å². The van der Waals surface area contributed by atoms with E-state index in [1.165, 1.54) is 0 Å². The number of aryl methyl sites for hydroxylation is 1. The first-order valence-corrected chi connectivity index (χ1v) is 6.17. The molecule has 0 saturated carbocycles. The molecule has 0 aliphatic carbocycles. The summed E-state index contributed by atoms with van der Waals surface area (Å²) >= 11 is 0. The average Bonchev–Trinajstić information content (AvgIpc) is 2.53. The highest BCUT2D eigenvalue weighted by Gasteiger charge is 2.14. The smallest absolute Gasteiger partial charge is 0.253 e. The van der Waals surface area contributed by atoms with Crippen molar-refractivity contribution < 1.29 is 4.79 Å². The maximum Gasteiger partial charge on any atom is 0.253 e. The van der Waals surface area contributed by atoms with Gasteiger partial charge >= 0.3 is 0 Å². The predicted octanol–water partition coefficient (Wildman–Crippen LogP) is 2.01. The first-order chi connectivity index (χ1) is 7.97. The number of nitrogens with zero attached hydrogens (tertiary/aromatic N) is 1. The van der Waals surface area contributed by atoms with E-state index in [0.717, 1.165) is 29.9 Å². The van der Waals surface area contributed by atoms with Crippen molar-refractivity contribution in [2.75, 3.05) is 6.54 Å². The van der Waals surface area contributed by atoms with E-state index in [1.54, 1.807) is 0 Å². The Balaban J connectivity index is 0.00000289. The largest absolute Gasteiger partial charge is 0.352 e. The zero-order valence-corrected chi connectivity index (χ0v) is 12.4. The fourth-order valence-electron chi connectivity index (χ4n) is 2.03. The van der Waals surface area contributed by atoms with Crippen LogP contribution in [0.1, 0.15) is 42.0 Å². The van der Waals surface area contributed by atoms with Gasteiger partial charge in [0.25, 0.3) is 5.91 Å². The van der Waals surface area contributed by atoms with Gasteiger partial charge in [0.15, 0.2) is 0 Å². The average molecular weight is 274 g/mol. The highest BCUT2D eigenvalue weighted by molar-refractivity contribution is 5.95. The Bertz CT molecular complexity index is 399. The molecule has 0 saturated heterocycles. The molecule has 1 heterocycles. The zero-order valence-electron chi connectivity index (χ0n) is 11.6. The summed E-state index contributed by atoms with van der Waals surface area (Å²) < 4.78 is 2.14. The summed E-state index contributed by atoms with van der Waals surface area (Å²) in [6.07, 6.45) is 0.804. The highest BCUT2D eigenvalue weighted by Crippen LogP contribution is 2.14. The molecule has 0 aromatic carbocycles. The van der Waals surface area contributed by atoms with Gasteiger partial charge < -0.3 is 15.6 Å². The number of hydrogen-bond acceptors (Lipinski definition) is 2. The van der Waals surface area contributed by atoms with Gasteiger partial charge in [-0.1, -0.05) is 0 Å². The van der Waals surface area contributed by atoms with Gasteiger partial charge in [-0.25, -0.2) is 0 Å². The molecule has 3 N–H and O–H groups in total. The minimum Gasteiger partial charge on any atom is -0.352 e. The van der Waals surface area contributed by atoms with E-state index in [-0.39, 0.29) is 24.4 Å². The second-order valence-corrected chi connectivity index (χ2v) is 4.55. The van der Waals surface area contributed by atoms with Crippen molar-refractivity contribution in [1.82, 2.24) is 9.88 Å². The lowest BCUT2D eigenvalue weighted by molar-refractivity contribution is 0.0952. The standard InChI is InChI=1S/C13H23N3O.ClH/c1-5-16-10(3)8-12(11(16)4)13(17)15-7-6-9(2)14;/h8-9H,5-7,14H2,1-4H3,(H,15,17);1H. The fraction of sp³-hybridized carbons (Fsp3) is 0.615. The number of nitrogens with two attached hydrogens (primary N) is 1. The van der Waals surface area contributed by atoms with Crippen molar-refractivity contribution in [3.63, 3.8) is 0 Å². The number of rotatable bonds is 5.